The number of thiazole rings is 1. The highest BCUT2D eigenvalue weighted by Gasteiger charge is 2.01. The van der Waals surface area contributed by atoms with E-state index in [2.05, 4.69) is 34.6 Å². The van der Waals surface area contributed by atoms with Crippen molar-refractivity contribution in [3.8, 4) is 0 Å². The van der Waals surface area contributed by atoms with Gasteiger partial charge in [-0.1, -0.05) is 24.3 Å². The summed E-state index contributed by atoms with van der Waals surface area (Å²) in [7, 11) is 0. The van der Waals surface area contributed by atoms with Gasteiger partial charge in [0.15, 0.2) is 0 Å². The maximum absolute atomic E-state index is 5.62. The standard InChI is InChI=1S/C14H19N3S/c15-7-5-12-3-1-2-4-13(12)11-16-8-6-14-17-9-10-18-14/h1-4,9-10,16H,5-8,11,15H2. The van der Waals surface area contributed by atoms with E-state index in [1.807, 2.05) is 11.6 Å². The zero-order valence-electron chi connectivity index (χ0n) is 10.4. The van der Waals surface area contributed by atoms with Gasteiger partial charge < -0.3 is 11.1 Å². The van der Waals surface area contributed by atoms with Crippen LogP contribution in [-0.2, 0) is 19.4 Å². The Kier molecular flexibility index (Phi) is 5.33. The SMILES string of the molecule is NCCc1ccccc1CNCCc1nccs1. The van der Waals surface area contributed by atoms with Crippen LogP contribution in [0.3, 0.4) is 0 Å². The second-order valence-electron chi connectivity index (χ2n) is 4.16. The van der Waals surface area contributed by atoms with Gasteiger partial charge in [-0.05, 0) is 24.1 Å². The molecule has 0 amide bonds. The predicted octanol–water partition coefficient (Wildman–Crippen LogP) is 1.98. The van der Waals surface area contributed by atoms with Gasteiger partial charge in [0.25, 0.3) is 0 Å². The zero-order chi connectivity index (χ0) is 12.6. The minimum absolute atomic E-state index is 0.704. The van der Waals surface area contributed by atoms with Crippen molar-refractivity contribution in [3.05, 3.63) is 52.0 Å². The van der Waals surface area contributed by atoms with Crippen LogP contribution in [-0.4, -0.2) is 18.1 Å². The fourth-order valence-corrected chi connectivity index (χ4v) is 2.54. The number of aromatic nitrogens is 1. The molecular weight excluding hydrogens is 242 g/mol. The summed E-state index contributed by atoms with van der Waals surface area (Å²) in [4.78, 5) is 4.27. The van der Waals surface area contributed by atoms with Crippen molar-refractivity contribution in [2.45, 2.75) is 19.4 Å². The van der Waals surface area contributed by atoms with Crippen LogP contribution in [0.5, 0.6) is 0 Å². The fourth-order valence-electron chi connectivity index (χ4n) is 1.92. The summed E-state index contributed by atoms with van der Waals surface area (Å²) in [6, 6.07) is 8.48. The molecule has 3 nitrogen and oxygen atoms in total. The summed E-state index contributed by atoms with van der Waals surface area (Å²) in [6.45, 7) is 2.57. The summed E-state index contributed by atoms with van der Waals surface area (Å²) >= 11 is 1.71. The Balaban J connectivity index is 1.79. The molecule has 0 radical (unpaired) electrons. The van der Waals surface area contributed by atoms with Gasteiger partial charge in [-0.25, -0.2) is 4.98 Å². The van der Waals surface area contributed by atoms with Crippen LogP contribution in [0.4, 0.5) is 0 Å². The van der Waals surface area contributed by atoms with Gasteiger partial charge in [0.1, 0.15) is 0 Å². The summed E-state index contributed by atoms with van der Waals surface area (Å²) in [5.74, 6) is 0. The van der Waals surface area contributed by atoms with Crippen molar-refractivity contribution in [1.29, 1.82) is 0 Å². The van der Waals surface area contributed by atoms with Gasteiger partial charge in [-0.3, -0.25) is 0 Å². The lowest BCUT2D eigenvalue weighted by atomic mass is 10.0. The van der Waals surface area contributed by atoms with Crippen LogP contribution >= 0.6 is 11.3 Å². The van der Waals surface area contributed by atoms with Gasteiger partial charge in [0, 0.05) is 31.1 Å². The molecule has 0 aliphatic rings. The molecule has 1 heterocycles. The number of nitrogens with zero attached hydrogens (tertiary/aromatic N) is 1. The largest absolute Gasteiger partial charge is 0.330 e. The van der Waals surface area contributed by atoms with Gasteiger partial charge in [0.05, 0.1) is 5.01 Å². The number of nitrogens with one attached hydrogen (secondary N) is 1. The van der Waals surface area contributed by atoms with Crippen molar-refractivity contribution in [1.82, 2.24) is 10.3 Å². The monoisotopic (exact) mass is 261 g/mol. The molecule has 0 saturated carbocycles. The molecule has 0 atom stereocenters. The average Bonchev–Trinajstić information content (AvgIpc) is 2.90. The first kappa shape index (κ1) is 13.2. The van der Waals surface area contributed by atoms with E-state index in [1.54, 1.807) is 11.3 Å². The van der Waals surface area contributed by atoms with E-state index in [0.717, 1.165) is 25.9 Å². The second kappa shape index (κ2) is 7.26. The first-order valence-electron chi connectivity index (χ1n) is 6.26. The zero-order valence-corrected chi connectivity index (χ0v) is 11.2. The number of nitrogens with two attached hydrogens (primary N) is 1. The molecule has 0 fully saturated rings. The predicted molar refractivity (Wildman–Crippen MR) is 76.7 cm³/mol. The minimum atomic E-state index is 0.704. The lowest BCUT2D eigenvalue weighted by Crippen LogP contribution is -2.18. The van der Waals surface area contributed by atoms with E-state index >= 15 is 0 Å². The molecule has 1 aromatic carbocycles. The molecule has 3 N–H and O–H groups in total. The Labute approximate surface area is 112 Å². The number of hydrogen-bond acceptors (Lipinski definition) is 4. The molecule has 2 rings (SSSR count). The molecule has 0 spiro atoms. The highest BCUT2D eigenvalue weighted by atomic mass is 32.1. The Hall–Kier alpha value is -1.23. The van der Waals surface area contributed by atoms with Crippen LogP contribution in [0.2, 0.25) is 0 Å². The Morgan fingerprint density at radius 1 is 1.17 bits per heavy atom. The van der Waals surface area contributed by atoms with E-state index in [4.69, 9.17) is 5.73 Å². The Morgan fingerprint density at radius 3 is 2.72 bits per heavy atom. The minimum Gasteiger partial charge on any atom is -0.330 e. The molecule has 96 valence electrons. The molecule has 18 heavy (non-hydrogen) atoms. The van der Waals surface area contributed by atoms with Crippen molar-refractivity contribution in [2.75, 3.05) is 13.1 Å². The smallest absolute Gasteiger partial charge is 0.0937 e. The first-order valence-corrected chi connectivity index (χ1v) is 7.14. The normalized spacial score (nSPS) is 10.7. The van der Waals surface area contributed by atoms with E-state index in [1.165, 1.54) is 16.1 Å². The van der Waals surface area contributed by atoms with Gasteiger partial charge in [-0.15, -0.1) is 11.3 Å². The van der Waals surface area contributed by atoms with E-state index < -0.39 is 0 Å². The molecule has 0 unspecified atom stereocenters. The van der Waals surface area contributed by atoms with Crippen LogP contribution in [0.25, 0.3) is 0 Å². The van der Waals surface area contributed by atoms with Crippen molar-refractivity contribution in [2.24, 2.45) is 5.73 Å². The molecule has 0 bridgehead atoms. The van der Waals surface area contributed by atoms with Gasteiger partial charge in [0.2, 0.25) is 0 Å². The van der Waals surface area contributed by atoms with E-state index in [-0.39, 0.29) is 0 Å². The molecule has 2 aromatic rings. The summed E-state index contributed by atoms with van der Waals surface area (Å²) in [6.07, 6.45) is 3.80. The van der Waals surface area contributed by atoms with E-state index in [0.29, 0.717) is 6.54 Å². The van der Waals surface area contributed by atoms with Gasteiger partial charge in [-0.2, -0.15) is 0 Å². The lowest BCUT2D eigenvalue weighted by molar-refractivity contribution is 0.680. The average molecular weight is 261 g/mol. The van der Waals surface area contributed by atoms with Crippen LogP contribution < -0.4 is 11.1 Å². The van der Waals surface area contributed by atoms with Crippen molar-refractivity contribution >= 4 is 11.3 Å². The van der Waals surface area contributed by atoms with E-state index in [9.17, 15) is 0 Å². The third-order valence-electron chi connectivity index (χ3n) is 2.85. The maximum atomic E-state index is 5.62. The fraction of sp³-hybridized carbons (Fsp3) is 0.357. The highest BCUT2D eigenvalue weighted by molar-refractivity contribution is 7.09. The maximum Gasteiger partial charge on any atom is 0.0937 e. The number of rotatable bonds is 7. The van der Waals surface area contributed by atoms with Crippen molar-refractivity contribution < 1.29 is 0 Å². The Morgan fingerprint density at radius 2 is 2.00 bits per heavy atom. The third kappa shape index (κ3) is 3.91. The lowest BCUT2D eigenvalue weighted by Gasteiger charge is -2.09. The van der Waals surface area contributed by atoms with Crippen molar-refractivity contribution in [3.63, 3.8) is 0 Å². The Bertz CT molecular complexity index is 454. The first-order chi connectivity index (χ1) is 8.90. The summed E-state index contributed by atoms with van der Waals surface area (Å²) in [5.41, 5.74) is 8.32. The quantitative estimate of drug-likeness (QED) is 0.749. The molecule has 1 aromatic heterocycles. The second-order valence-corrected chi connectivity index (χ2v) is 5.14. The molecule has 0 aliphatic carbocycles. The topological polar surface area (TPSA) is 50.9 Å². The molecule has 0 saturated heterocycles. The van der Waals surface area contributed by atoms with Gasteiger partial charge >= 0.3 is 0 Å². The van der Waals surface area contributed by atoms with Crippen LogP contribution in [0, 0.1) is 0 Å². The molecule has 4 heteroatoms. The summed E-state index contributed by atoms with van der Waals surface area (Å²) in [5, 5.41) is 6.68. The highest BCUT2D eigenvalue weighted by Crippen LogP contribution is 2.09. The van der Waals surface area contributed by atoms with Crippen LogP contribution in [0.1, 0.15) is 16.1 Å². The molecular formula is C14H19N3S. The third-order valence-corrected chi connectivity index (χ3v) is 3.69. The number of hydrogen-bond donors (Lipinski definition) is 2. The summed E-state index contributed by atoms with van der Waals surface area (Å²) < 4.78 is 0. The van der Waals surface area contributed by atoms with Crippen LogP contribution in [0.15, 0.2) is 35.8 Å². The number of benzene rings is 1. The molecule has 0 aliphatic heterocycles.